The summed E-state index contributed by atoms with van der Waals surface area (Å²) in [7, 11) is 1.79. The number of aryl methyl sites for hydroxylation is 2. The Hall–Kier alpha value is -2.43. The summed E-state index contributed by atoms with van der Waals surface area (Å²) in [6.07, 6.45) is 5.25. The van der Waals surface area contributed by atoms with Crippen LogP contribution in [-0.2, 0) is 13.5 Å². The van der Waals surface area contributed by atoms with E-state index >= 15 is 0 Å². The van der Waals surface area contributed by atoms with Gasteiger partial charge < -0.3 is 9.47 Å². The highest BCUT2D eigenvalue weighted by molar-refractivity contribution is 6.07. The summed E-state index contributed by atoms with van der Waals surface area (Å²) in [5.74, 6) is -0.121. The van der Waals surface area contributed by atoms with Crippen LogP contribution in [0.3, 0.4) is 0 Å². The van der Waals surface area contributed by atoms with Crippen LogP contribution in [0.15, 0.2) is 30.6 Å². The molecular weight excluding hydrogens is 266 g/mol. The molecule has 0 aliphatic carbocycles. The Morgan fingerprint density at radius 1 is 1.33 bits per heavy atom. The van der Waals surface area contributed by atoms with Gasteiger partial charge in [0.05, 0.1) is 11.4 Å². The van der Waals surface area contributed by atoms with Gasteiger partial charge in [-0.2, -0.15) is 0 Å². The fourth-order valence-corrected chi connectivity index (χ4v) is 2.71. The maximum atomic E-state index is 12.8. The zero-order valence-corrected chi connectivity index (χ0v) is 12.2. The van der Waals surface area contributed by atoms with Crippen LogP contribution in [0.2, 0.25) is 0 Å². The van der Waals surface area contributed by atoms with Gasteiger partial charge in [0.25, 0.3) is 5.91 Å². The molecule has 5 heteroatoms. The first-order valence-electron chi connectivity index (χ1n) is 7.01. The van der Waals surface area contributed by atoms with Gasteiger partial charge >= 0.3 is 0 Å². The van der Waals surface area contributed by atoms with Crippen LogP contribution >= 0.6 is 0 Å². The number of nitrogens with zero attached hydrogens (tertiary/aromatic N) is 3. The number of pyridine rings is 1. The van der Waals surface area contributed by atoms with Crippen molar-refractivity contribution < 1.29 is 9.59 Å². The van der Waals surface area contributed by atoms with Gasteiger partial charge in [-0.1, -0.05) is 0 Å². The molecule has 0 N–H and O–H groups in total. The maximum absolute atomic E-state index is 12.8. The van der Waals surface area contributed by atoms with Crippen LogP contribution < -0.4 is 4.90 Å². The topological polar surface area (TPSA) is 55.2 Å². The number of amides is 1. The van der Waals surface area contributed by atoms with Crippen molar-refractivity contribution in [3.63, 3.8) is 0 Å². The first-order valence-corrected chi connectivity index (χ1v) is 7.01. The van der Waals surface area contributed by atoms with Crippen molar-refractivity contribution in [1.29, 1.82) is 0 Å². The molecule has 0 saturated carbocycles. The molecule has 0 unspecified atom stereocenters. The van der Waals surface area contributed by atoms with Crippen molar-refractivity contribution in [1.82, 2.24) is 9.55 Å². The molecule has 108 valence electrons. The third kappa shape index (κ3) is 2.35. The number of carbonyl (C=O) groups is 2. The molecule has 0 fully saturated rings. The van der Waals surface area contributed by atoms with Crippen molar-refractivity contribution in [2.75, 3.05) is 11.4 Å². The van der Waals surface area contributed by atoms with Crippen LogP contribution in [0.1, 0.15) is 39.9 Å². The lowest BCUT2D eigenvalue weighted by Crippen LogP contribution is -2.36. The lowest BCUT2D eigenvalue weighted by molar-refractivity contribution is 0.0976. The molecule has 1 aliphatic rings. The Morgan fingerprint density at radius 3 is 2.86 bits per heavy atom. The molecule has 2 aromatic heterocycles. The van der Waals surface area contributed by atoms with Crippen molar-refractivity contribution in [2.24, 2.45) is 7.05 Å². The SMILES string of the molecule is CC(=O)c1cc(C(=O)N2CCCc3ncccc32)n(C)c1. The molecule has 2 aromatic rings. The van der Waals surface area contributed by atoms with Crippen LogP contribution in [0.5, 0.6) is 0 Å². The van der Waals surface area contributed by atoms with Crippen LogP contribution in [0.25, 0.3) is 0 Å². The molecular formula is C16H17N3O2. The molecule has 0 aromatic carbocycles. The fraction of sp³-hybridized carbons (Fsp3) is 0.312. The van der Waals surface area contributed by atoms with E-state index in [4.69, 9.17) is 0 Å². The number of hydrogen-bond acceptors (Lipinski definition) is 3. The number of aromatic nitrogens is 2. The number of hydrogen-bond donors (Lipinski definition) is 0. The largest absolute Gasteiger partial charge is 0.346 e. The Balaban J connectivity index is 1.98. The zero-order valence-electron chi connectivity index (χ0n) is 12.2. The summed E-state index contributed by atoms with van der Waals surface area (Å²) in [4.78, 5) is 30.3. The van der Waals surface area contributed by atoms with Crippen LogP contribution in [0.4, 0.5) is 5.69 Å². The molecule has 0 saturated heterocycles. The number of carbonyl (C=O) groups excluding carboxylic acids is 2. The number of ketones is 1. The zero-order chi connectivity index (χ0) is 15.0. The highest BCUT2D eigenvalue weighted by atomic mass is 16.2. The maximum Gasteiger partial charge on any atom is 0.274 e. The van der Waals surface area contributed by atoms with Gasteiger partial charge in [0.2, 0.25) is 0 Å². The summed E-state index contributed by atoms with van der Waals surface area (Å²) in [5.41, 5.74) is 2.92. The normalized spacial score (nSPS) is 13.9. The predicted octanol–water partition coefficient (Wildman–Crippen LogP) is 2.22. The van der Waals surface area contributed by atoms with E-state index in [2.05, 4.69) is 4.98 Å². The van der Waals surface area contributed by atoms with Gasteiger partial charge in [0.1, 0.15) is 5.69 Å². The van der Waals surface area contributed by atoms with E-state index in [1.54, 1.807) is 35.0 Å². The average Bonchev–Trinajstić information content (AvgIpc) is 2.88. The molecule has 1 aliphatic heterocycles. The van der Waals surface area contributed by atoms with E-state index in [9.17, 15) is 9.59 Å². The highest BCUT2D eigenvalue weighted by Crippen LogP contribution is 2.26. The average molecular weight is 283 g/mol. The minimum absolute atomic E-state index is 0.0367. The monoisotopic (exact) mass is 283 g/mol. The smallest absolute Gasteiger partial charge is 0.274 e. The lowest BCUT2D eigenvalue weighted by atomic mass is 10.1. The Morgan fingerprint density at radius 2 is 2.14 bits per heavy atom. The number of rotatable bonds is 2. The van der Waals surface area contributed by atoms with E-state index in [-0.39, 0.29) is 11.7 Å². The quantitative estimate of drug-likeness (QED) is 0.794. The lowest BCUT2D eigenvalue weighted by Gasteiger charge is -2.28. The minimum atomic E-state index is -0.0843. The van der Waals surface area contributed by atoms with Gasteiger partial charge in [-0.3, -0.25) is 14.6 Å². The van der Waals surface area contributed by atoms with Crippen LogP contribution in [-0.4, -0.2) is 27.8 Å². The number of Topliss-reactive ketones (excluding diaryl/α,β-unsaturated/α-hetero) is 1. The van der Waals surface area contributed by atoms with Gasteiger partial charge in [0.15, 0.2) is 5.78 Å². The predicted molar refractivity (Wildman–Crippen MR) is 79.7 cm³/mol. The second kappa shape index (κ2) is 5.16. The van der Waals surface area contributed by atoms with Crippen LogP contribution in [0, 0.1) is 0 Å². The van der Waals surface area contributed by atoms with E-state index < -0.39 is 0 Å². The molecule has 1 amide bonds. The van der Waals surface area contributed by atoms with Gasteiger partial charge in [-0.25, -0.2) is 0 Å². The molecule has 0 bridgehead atoms. The summed E-state index contributed by atoms with van der Waals surface area (Å²) in [6, 6.07) is 5.43. The Bertz CT molecular complexity index is 718. The standard InChI is InChI=1S/C16H17N3O2/c1-11(20)12-9-15(18(2)10-12)16(21)19-8-4-5-13-14(19)6-3-7-17-13/h3,6-7,9-10H,4-5,8H2,1-2H3. The molecule has 0 spiro atoms. The first kappa shape index (κ1) is 13.5. The molecule has 0 radical (unpaired) electrons. The molecule has 21 heavy (non-hydrogen) atoms. The third-order valence-corrected chi connectivity index (χ3v) is 3.83. The van der Waals surface area contributed by atoms with Gasteiger partial charge in [-0.15, -0.1) is 0 Å². The summed E-state index contributed by atoms with van der Waals surface area (Å²) < 4.78 is 1.71. The second-order valence-corrected chi connectivity index (χ2v) is 5.31. The van der Waals surface area contributed by atoms with E-state index in [0.29, 0.717) is 17.8 Å². The van der Waals surface area contributed by atoms with Gasteiger partial charge in [0, 0.05) is 31.5 Å². The Kier molecular flexibility index (Phi) is 3.33. The van der Waals surface area contributed by atoms with Crippen molar-refractivity contribution in [3.05, 3.63) is 47.5 Å². The van der Waals surface area contributed by atoms with E-state index in [1.165, 1.54) is 6.92 Å². The molecule has 3 heterocycles. The molecule has 0 atom stereocenters. The van der Waals surface area contributed by atoms with Gasteiger partial charge in [-0.05, 0) is 38.0 Å². The summed E-state index contributed by atoms with van der Waals surface area (Å²) in [5, 5.41) is 0. The highest BCUT2D eigenvalue weighted by Gasteiger charge is 2.26. The molecule has 3 rings (SSSR count). The number of fused-ring (bicyclic) bond motifs is 1. The fourth-order valence-electron chi connectivity index (χ4n) is 2.71. The van der Waals surface area contributed by atoms with Crippen molar-refractivity contribution in [3.8, 4) is 0 Å². The summed E-state index contributed by atoms with van der Waals surface area (Å²) >= 11 is 0. The third-order valence-electron chi connectivity index (χ3n) is 3.83. The Labute approximate surface area is 123 Å². The first-order chi connectivity index (χ1) is 10.1. The minimum Gasteiger partial charge on any atom is -0.346 e. The molecule has 5 nitrogen and oxygen atoms in total. The van der Waals surface area contributed by atoms with E-state index in [1.807, 2.05) is 12.1 Å². The second-order valence-electron chi connectivity index (χ2n) is 5.31. The van der Waals surface area contributed by atoms with Crippen molar-refractivity contribution in [2.45, 2.75) is 19.8 Å². The van der Waals surface area contributed by atoms with E-state index in [0.717, 1.165) is 24.2 Å². The summed E-state index contributed by atoms with van der Waals surface area (Å²) in [6.45, 7) is 2.18. The van der Waals surface area contributed by atoms with Crippen molar-refractivity contribution >= 4 is 17.4 Å². The number of anilines is 1.